The molecule has 0 fully saturated rings. The molecule has 0 saturated carbocycles. The third-order valence-electron chi connectivity index (χ3n) is 2.54. The molecule has 0 bridgehead atoms. The Bertz CT molecular complexity index is 451. The fraction of sp³-hybridized carbons (Fsp3) is 0.308. The van der Waals surface area contributed by atoms with Crippen LogP contribution in [0.2, 0.25) is 0 Å². The van der Waals surface area contributed by atoms with Gasteiger partial charge in [-0.2, -0.15) is 0 Å². The standard InChI is InChI=1S/C13H16N2O/c16-9-3-7-14-10-12-5-1-4-11-6-2-8-15-13(11)12/h1-2,4-6,8,14,16H,3,7,9-10H2. The first kappa shape index (κ1) is 11.0. The maximum atomic E-state index is 8.68. The molecule has 1 heterocycles. The summed E-state index contributed by atoms with van der Waals surface area (Å²) in [5, 5.41) is 13.1. The second-order valence-electron chi connectivity index (χ2n) is 3.75. The summed E-state index contributed by atoms with van der Waals surface area (Å²) in [5.74, 6) is 0. The Morgan fingerprint density at radius 1 is 1.19 bits per heavy atom. The number of fused-ring (bicyclic) bond motifs is 1. The van der Waals surface area contributed by atoms with E-state index >= 15 is 0 Å². The monoisotopic (exact) mass is 216 g/mol. The minimum Gasteiger partial charge on any atom is -0.396 e. The van der Waals surface area contributed by atoms with Crippen LogP contribution in [-0.4, -0.2) is 23.2 Å². The topological polar surface area (TPSA) is 45.1 Å². The minimum atomic E-state index is 0.237. The van der Waals surface area contributed by atoms with Crippen LogP contribution in [0.25, 0.3) is 10.9 Å². The highest BCUT2D eigenvalue weighted by Gasteiger charge is 2.00. The number of nitrogens with zero attached hydrogens (tertiary/aromatic N) is 1. The van der Waals surface area contributed by atoms with Crippen molar-refractivity contribution in [3.8, 4) is 0 Å². The molecular weight excluding hydrogens is 200 g/mol. The van der Waals surface area contributed by atoms with Gasteiger partial charge in [-0.1, -0.05) is 24.3 Å². The van der Waals surface area contributed by atoms with Crippen LogP contribution in [0.4, 0.5) is 0 Å². The molecule has 0 saturated heterocycles. The smallest absolute Gasteiger partial charge is 0.0746 e. The highest BCUT2D eigenvalue weighted by atomic mass is 16.3. The van der Waals surface area contributed by atoms with Gasteiger partial charge in [0, 0.05) is 24.7 Å². The predicted molar refractivity (Wildman–Crippen MR) is 65.2 cm³/mol. The molecular formula is C13H16N2O. The lowest BCUT2D eigenvalue weighted by atomic mass is 10.1. The summed E-state index contributed by atoms with van der Waals surface area (Å²) in [6.45, 7) is 1.87. The normalized spacial score (nSPS) is 10.8. The average Bonchev–Trinajstić information content (AvgIpc) is 2.35. The van der Waals surface area contributed by atoms with E-state index < -0.39 is 0 Å². The molecule has 2 aromatic rings. The summed E-state index contributed by atoms with van der Waals surface area (Å²) in [5.41, 5.74) is 2.26. The molecule has 2 N–H and O–H groups in total. The van der Waals surface area contributed by atoms with E-state index in [9.17, 15) is 0 Å². The summed E-state index contributed by atoms with van der Waals surface area (Å²) in [6.07, 6.45) is 2.61. The van der Waals surface area contributed by atoms with Crippen molar-refractivity contribution in [3.05, 3.63) is 42.1 Å². The van der Waals surface area contributed by atoms with Gasteiger partial charge in [-0.15, -0.1) is 0 Å². The molecule has 84 valence electrons. The third-order valence-corrected chi connectivity index (χ3v) is 2.54. The Hall–Kier alpha value is -1.45. The molecule has 0 aliphatic rings. The van der Waals surface area contributed by atoms with E-state index in [1.165, 1.54) is 10.9 Å². The van der Waals surface area contributed by atoms with Gasteiger partial charge in [0.2, 0.25) is 0 Å². The van der Waals surface area contributed by atoms with Crippen LogP contribution in [0, 0.1) is 0 Å². The number of rotatable bonds is 5. The maximum Gasteiger partial charge on any atom is 0.0746 e. The molecule has 2 rings (SSSR count). The Balaban J connectivity index is 2.11. The quantitative estimate of drug-likeness (QED) is 0.748. The van der Waals surface area contributed by atoms with Crippen LogP contribution in [0.3, 0.4) is 0 Å². The molecule has 1 aromatic heterocycles. The molecule has 3 heteroatoms. The van der Waals surface area contributed by atoms with Crippen LogP contribution >= 0.6 is 0 Å². The zero-order valence-electron chi connectivity index (χ0n) is 9.19. The van der Waals surface area contributed by atoms with Crippen molar-refractivity contribution < 1.29 is 5.11 Å². The molecule has 1 aromatic carbocycles. The summed E-state index contributed by atoms with van der Waals surface area (Å²) in [6, 6.07) is 10.2. The third kappa shape index (κ3) is 2.56. The van der Waals surface area contributed by atoms with Gasteiger partial charge in [0.05, 0.1) is 5.52 Å². The van der Waals surface area contributed by atoms with Crippen molar-refractivity contribution in [2.45, 2.75) is 13.0 Å². The molecule has 0 amide bonds. The second-order valence-corrected chi connectivity index (χ2v) is 3.75. The number of benzene rings is 1. The molecule has 0 aliphatic heterocycles. The van der Waals surface area contributed by atoms with Crippen LogP contribution in [0.5, 0.6) is 0 Å². The van der Waals surface area contributed by atoms with Crippen LogP contribution in [-0.2, 0) is 6.54 Å². The SMILES string of the molecule is OCCCNCc1cccc2cccnc12. The van der Waals surface area contributed by atoms with Crippen molar-refractivity contribution in [1.82, 2.24) is 10.3 Å². The van der Waals surface area contributed by atoms with Gasteiger partial charge >= 0.3 is 0 Å². The van der Waals surface area contributed by atoms with Crippen molar-refractivity contribution in [1.29, 1.82) is 0 Å². The largest absolute Gasteiger partial charge is 0.396 e. The molecule has 16 heavy (non-hydrogen) atoms. The molecule has 0 aliphatic carbocycles. The van der Waals surface area contributed by atoms with Gasteiger partial charge in [-0.05, 0) is 24.6 Å². The van der Waals surface area contributed by atoms with E-state index in [2.05, 4.69) is 28.5 Å². The lowest BCUT2D eigenvalue weighted by Gasteiger charge is -2.06. The number of aliphatic hydroxyl groups is 1. The highest BCUT2D eigenvalue weighted by molar-refractivity contribution is 5.81. The first-order chi connectivity index (χ1) is 7.92. The highest BCUT2D eigenvalue weighted by Crippen LogP contribution is 2.15. The van der Waals surface area contributed by atoms with Crippen molar-refractivity contribution in [2.24, 2.45) is 0 Å². The van der Waals surface area contributed by atoms with Gasteiger partial charge < -0.3 is 10.4 Å². The fourth-order valence-electron chi connectivity index (χ4n) is 1.74. The van der Waals surface area contributed by atoms with Crippen LogP contribution in [0.1, 0.15) is 12.0 Å². The Kier molecular flexibility index (Phi) is 3.86. The zero-order valence-corrected chi connectivity index (χ0v) is 9.19. The van der Waals surface area contributed by atoms with E-state index in [4.69, 9.17) is 5.11 Å². The number of aromatic nitrogens is 1. The zero-order chi connectivity index (χ0) is 11.2. The lowest BCUT2D eigenvalue weighted by Crippen LogP contribution is -2.16. The van der Waals surface area contributed by atoms with Gasteiger partial charge in [-0.25, -0.2) is 0 Å². The van der Waals surface area contributed by atoms with E-state index in [0.717, 1.165) is 25.0 Å². The fourth-order valence-corrected chi connectivity index (χ4v) is 1.74. The lowest BCUT2D eigenvalue weighted by molar-refractivity contribution is 0.286. The van der Waals surface area contributed by atoms with Gasteiger partial charge in [0.15, 0.2) is 0 Å². The number of hydrogen-bond acceptors (Lipinski definition) is 3. The molecule has 0 spiro atoms. The summed E-state index contributed by atoms with van der Waals surface area (Å²) < 4.78 is 0. The second kappa shape index (κ2) is 5.58. The van der Waals surface area contributed by atoms with Gasteiger partial charge in [-0.3, -0.25) is 4.98 Å². The van der Waals surface area contributed by atoms with E-state index in [-0.39, 0.29) is 6.61 Å². The van der Waals surface area contributed by atoms with Crippen molar-refractivity contribution in [2.75, 3.05) is 13.2 Å². The van der Waals surface area contributed by atoms with Gasteiger partial charge in [0.25, 0.3) is 0 Å². The minimum absolute atomic E-state index is 0.237. The van der Waals surface area contributed by atoms with E-state index in [1.807, 2.05) is 18.3 Å². The first-order valence-corrected chi connectivity index (χ1v) is 5.56. The predicted octanol–water partition coefficient (Wildman–Crippen LogP) is 1.71. The Morgan fingerprint density at radius 2 is 2.06 bits per heavy atom. The molecule has 3 nitrogen and oxygen atoms in total. The summed E-state index contributed by atoms with van der Waals surface area (Å²) >= 11 is 0. The number of hydrogen-bond donors (Lipinski definition) is 2. The average molecular weight is 216 g/mol. The van der Waals surface area contributed by atoms with Crippen molar-refractivity contribution in [3.63, 3.8) is 0 Å². The number of pyridine rings is 1. The summed E-state index contributed by atoms with van der Waals surface area (Å²) in [4.78, 5) is 4.39. The molecule has 0 radical (unpaired) electrons. The molecule has 0 atom stereocenters. The summed E-state index contributed by atoms with van der Waals surface area (Å²) in [7, 11) is 0. The van der Waals surface area contributed by atoms with E-state index in [1.54, 1.807) is 0 Å². The Labute approximate surface area is 95.1 Å². The van der Waals surface area contributed by atoms with Gasteiger partial charge in [0.1, 0.15) is 0 Å². The number of para-hydroxylation sites is 1. The van der Waals surface area contributed by atoms with Crippen LogP contribution in [0.15, 0.2) is 36.5 Å². The molecule has 0 unspecified atom stereocenters. The number of aliphatic hydroxyl groups excluding tert-OH is 1. The Morgan fingerprint density at radius 3 is 2.94 bits per heavy atom. The number of nitrogens with one attached hydrogen (secondary N) is 1. The maximum absolute atomic E-state index is 8.68. The van der Waals surface area contributed by atoms with Crippen LogP contribution < -0.4 is 5.32 Å². The van der Waals surface area contributed by atoms with E-state index in [0.29, 0.717) is 0 Å². The first-order valence-electron chi connectivity index (χ1n) is 5.56. The van der Waals surface area contributed by atoms with Crippen molar-refractivity contribution >= 4 is 10.9 Å².